The van der Waals surface area contributed by atoms with Crippen molar-refractivity contribution in [2.24, 2.45) is 23.7 Å². The van der Waals surface area contributed by atoms with E-state index in [9.17, 15) is 29.6 Å². The second-order valence-electron chi connectivity index (χ2n) is 13.5. The van der Waals surface area contributed by atoms with Gasteiger partial charge in [-0.15, -0.1) is 0 Å². The lowest BCUT2D eigenvalue weighted by Crippen LogP contribution is -2.58. The number of nitrogens with zero attached hydrogens (tertiary/aromatic N) is 2. The molecule has 2 amide bonds. The molecule has 3 aliphatic carbocycles. The molecule has 2 fully saturated rings. The highest BCUT2D eigenvalue weighted by Gasteiger charge is 2.66. The molecule has 51 heavy (non-hydrogen) atoms. The maximum atomic E-state index is 15.1. The lowest BCUT2D eigenvalue weighted by molar-refractivity contribution is -0.384. The smallest absolute Gasteiger partial charge is 0.269 e. The van der Waals surface area contributed by atoms with E-state index in [0.717, 1.165) is 4.90 Å². The number of hydrogen-bond donors (Lipinski definition) is 1. The Morgan fingerprint density at radius 2 is 1.55 bits per heavy atom. The van der Waals surface area contributed by atoms with Crippen molar-refractivity contribution in [2.45, 2.75) is 24.2 Å². The van der Waals surface area contributed by atoms with E-state index in [1.165, 1.54) is 43.5 Å². The van der Waals surface area contributed by atoms with Crippen LogP contribution in [0.3, 0.4) is 0 Å². The zero-order chi connectivity index (χ0) is 35.6. The summed E-state index contributed by atoms with van der Waals surface area (Å²) in [5.74, 6) is -5.24. The minimum Gasteiger partial charge on any atom is -0.508 e. The molecule has 8 rings (SSSR count). The third-order valence-corrected chi connectivity index (χ3v) is 11.2. The highest BCUT2D eigenvalue weighted by atomic mass is 16.6. The number of non-ortho nitro benzene ring substituents is 1. The van der Waals surface area contributed by atoms with E-state index >= 15 is 4.79 Å². The maximum absolute atomic E-state index is 15.1. The number of carbonyl (C=O) groups excluding carboxylic acids is 4. The molecule has 4 aliphatic rings. The number of Topliss-reactive ketones (excluding diaryl/α,β-unsaturated/α-hetero) is 1. The second-order valence-corrected chi connectivity index (χ2v) is 13.5. The van der Waals surface area contributed by atoms with Gasteiger partial charge in [0.05, 0.1) is 35.0 Å². The van der Waals surface area contributed by atoms with Crippen LogP contribution in [0.5, 0.6) is 11.5 Å². The first-order chi connectivity index (χ1) is 24.7. The first-order valence-corrected chi connectivity index (χ1v) is 16.8. The van der Waals surface area contributed by atoms with Crippen LogP contribution in [-0.2, 0) is 24.6 Å². The monoisotopic (exact) mass is 680 g/mol. The van der Waals surface area contributed by atoms with Crippen LogP contribution >= 0.6 is 0 Å². The summed E-state index contributed by atoms with van der Waals surface area (Å²) < 4.78 is 5.39. The van der Waals surface area contributed by atoms with E-state index in [-0.39, 0.29) is 47.1 Å². The highest BCUT2D eigenvalue weighted by molar-refractivity contribution is 6.32. The van der Waals surface area contributed by atoms with E-state index in [1.807, 2.05) is 42.5 Å². The minimum atomic E-state index is -1.48. The predicted octanol–water partition coefficient (Wildman–Crippen LogP) is 6.34. The number of allylic oxidation sites excluding steroid dienone is 4. The summed E-state index contributed by atoms with van der Waals surface area (Å²) in [5.41, 5.74) is 1.16. The van der Waals surface area contributed by atoms with Crippen LogP contribution in [0, 0.1) is 33.8 Å². The predicted molar refractivity (Wildman–Crippen MR) is 187 cm³/mol. The molecule has 6 unspecified atom stereocenters. The molecule has 0 bridgehead atoms. The second kappa shape index (κ2) is 12.0. The van der Waals surface area contributed by atoms with Gasteiger partial charge in [-0.05, 0) is 54.2 Å². The van der Waals surface area contributed by atoms with Gasteiger partial charge in [0.2, 0.25) is 11.8 Å². The van der Waals surface area contributed by atoms with Gasteiger partial charge >= 0.3 is 0 Å². The van der Waals surface area contributed by atoms with Gasteiger partial charge in [0.25, 0.3) is 5.69 Å². The number of rotatable bonds is 6. The van der Waals surface area contributed by atoms with Crippen molar-refractivity contribution in [3.8, 4) is 11.5 Å². The van der Waals surface area contributed by atoms with Gasteiger partial charge in [-0.1, -0.05) is 78.4 Å². The number of phenolic OH excluding ortho intramolecular Hbond substituents is 1. The van der Waals surface area contributed by atoms with Gasteiger partial charge in [0.1, 0.15) is 11.5 Å². The zero-order valence-electron chi connectivity index (χ0n) is 27.5. The normalized spacial score (nSPS) is 26.8. The third-order valence-electron chi connectivity index (χ3n) is 11.2. The molecular formula is C41H32N2O8. The molecule has 1 saturated heterocycles. The lowest BCUT2D eigenvalue weighted by atomic mass is 9.44. The molecule has 1 heterocycles. The number of nitro groups is 1. The number of carbonyl (C=O) groups is 4. The van der Waals surface area contributed by atoms with Crippen molar-refractivity contribution in [3.05, 3.63) is 148 Å². The van der Waals surface area contributed by atoms with Crippen LogP contribution in [0.4, 0.5) is 11.4 Å². The summed E-state index contributed by atoms with van der Waals surface area (Å²) in [7, 11) is 1.48. The standard InChI is InChI=1S/C41H32N2O8/c1-51-27-16-17-29(34(44)20-27)37-28-18-19-30-36(40(48)42(39(30)47)25-12-14-26(15-13-25)43(49)50)32(28)21-33-38(46)31(23-8-4-2-5-9-23)22-35(45)41(33,37)24-10-6-3-7-11-24/h2-18,20,22,30,32-33,36-37,44H,19,21H2,1H3. The number of imide groups is 1. The summed E-state index contributed by atoms with van der Waals surface area (Å²) in [6, 6.07) is 28.3. The molecule has 10 nitrogen and oxygen atoms in total. The topological polar surface area (TPSA) is 144 Å². The van der Waals surface area contributed by atoms with Crippen molar-refractivity contribution in [3.63, 3.8) is 0 Å². The maximum Gasteiger partial charge on any atom is 0.269 e. The number of methoxy groups -OCH3 is 1. The third kappa shape index (κ3) is 4.70. The first kappa shape index (κ1) is 32.1. The van der Waals surface area contributed by atoms with Crippen molar-refractivity contribution in [1.29, 1.82) is 0 Å². The number of ether oxygens (including phenoxy) is 1. The Labute approximate surface area is 292 Å². The minimum absolute atomic E-state index is 0.108. The number of hydrogen-bond acceptors (Lipinski definition) is 8. The number of benzene rings is 4. The van der Waals surface area contributed by atoms with Crippen LogP contribution in [0.2, 0.25) is 0 Å². The molecule has 10 heteroatoms. The van der Waals surface area contributed by atoms with Crippen molar-refractivity contribution in [2.75, 3.05) is 12.0 Å². The molecule has 0 radical (unpaired) electrons. The average molecular weight is 681 g/mol. The lowest BCUT2D eigenvalue weighted by Gasteiger charge is -2.55. The van der Waals surface area contributed by atoms with E-state index in [4.69, 9.17) is 4.74 Å². The fourth-order valence-corrected chi connectivity index (χ4v) is 9.09. The number of amides is 2. The number of phenols is 1. The Morgan fingerprint density at radius 3 is 2.20 bits per heavy atom. The molecule has 1 N–H and O–H groups in total. The van der Waals surface area contributed by atoms with Crippen LogP contribution in [0.1, 0.15) is 35.4 Å². The average Bonchev–Trinajstić information content (AvgIpc) is 3.41. The molecule has 6 atom stereocenters. The molecule has 254 valence electrons. The Kier molecular flexibility index (Phi) is 7.55. The Hall–Kier alpha value is -6.16. The van der Waals surface area contributed by atoms with Crippen molar-refractivity contribution < 1.29 is 33.9 Å². The molecule has 4 aromatic rings. The van der Waals surface area contributed by atoms with Gasteiger partial charge in [0, 0.05) is 41.2 Å². The fraction of sp³-hybridized carbons (Fsp3) is 0.220. The molecular weight excluding hydrogens is 648 g/mol. The summed E-state index contributed by atoms with van der Waals surface area (Å²) in [6.07, 6.45) is 3.65. The SMILES string of the molecule is COc1ccc(C2C3=CCC4C(=O)N(c5ccc([N+](=O)[O-])cc5)C(=O)C4C3CC3C(=O)C(c4ccccc4)=CC(=O)C32c2ccccc2)c(O)c1. The summed E-state index contributed by atoms with van der Waals surface area (Å²) in [4.78, 5) is 70.4. The van der Waals surface area contributed by atoms with Crippen molar-refractivity contribution >= 4 is 40.3 Å². The summed E-state index contributed by atoms with van der Waals surface area (Å²) >= 11 is 0. The van der Waals surface area contributed by atoms with Crippen LogP contribution in [0.25, 0.3) is 5.57 Å². The van der Waals surface area contributed by atoms with E-state index < -0.39 is 51.7 Å². The zero-order valence-corrected chi connectivity index (χ0v) is 27.5. The van der Waals surface area contributed by atoms with Gasteiger partial charge < -0.3 is 9.84 Å². The molecule has 1 aliphatic heterocycles. The summed E-state index contributed by atoms with van der Waals surface area (Å²) in [5, 5.41) is 22.9. The Bertz CT molecular complexity index is 2190. The van der Waals surface area contributed by atoms with Crippen LogP contribution in [0.15, 0.2) is 121 Å². The van der Waals surface area contributed by atoms with Crippen LogP contribution in [-0.4, -0.2) is 40.5 Å². The number of aromatic hydroxyl groups is 1. The number of anilines is 1. The Balaban J connectivity index is 1.34. The largest absolute Gasteiger partial charge is 0.508 e. The molecule has 4 aromatic carbocycles. The highest BCUT2D eigenvalue weighted by Crippen LogP contribution is 2.64. The number of fused-ring (bicyclic) bond motifs is 4. The van der Waals surface area contributed by atoms with Crippen molar-refractivity contribution in [1.82, 2.24) is 0 Å². The number of ketones is 2. The number of nitro benzene ring substituents is 1. The molecule has 0 spiro atoms. The van der Waals surface area contributed by atoms with Gasteiger partial charge in [-0.2, -0.15) is 0 Å². The van der Waals surface area contributed by atoms with Gasteiger partial charge in [-0.3, -0.25) is 34.2 Å². The quantitative estimate of drug-likeness (QED) is 0.108. The van der Waals surface area contributed by atoms with Crippen LogP contribution < -0.4 is 9.64 Å². The van der Waals surface area contributed by atoms with Gasteiger partial charge in [0.15, 0.2) is 11.6 Å². The van der Waals surface area contributed by atoms with E-state index in [0.29, 0.717) is 28.0 Å². The molecule has 0 aromatic heterocycles. The summed E-state index contributed by atoms with van der Waals surface area (Å²) in [6.45, 7) is 0. The van der Waals surface area contributed by atoms with Gasteiger partial charge in [-0.25, -0.2) is 0 Å². The molecule has 1 saturated carbocycles. The van der Waals surface area contributed by atoms with E-state index in [1.54, 1.807) is 36.4 Å². The fourth-order valence-electron chi connectivity index (χ4n) is 9.09. The first-order valence-electron chi connectivity index (χ1n) is 16.8. The van der Waals surface area contributed by atoms with E-state index in [2.05, 4.69) is 0 Å². The Morgan fingerprint density at radius 1 is 0.863 bits per heavy atom.